The summed E-state index contributed by atoms with van der Waals surface area (Å²) in [6.07, 6.45) is 0. The Morgan fingerprint density at radius 3 is 1.36 bits per heavy atom. The predicted octanol–water partition coefficient (Wildman–Crippen LogP) is 16.7. The SMILES string of the molecule is c1ccc(C2(c3ccc(N(c4ccc(-c5cccc6c5oc5ccccc56)cc4)c4cccc(-c5cccc6c5oc5ccccc56)c4)cc3)c3ccccc3-c3ccccc32)cc1. The van der Waals surface area contributed by atoms with Gasteiger partial charge in [-0.05, 0) is 93.0 Å². The molecule has 300 valence electrons. The minimum Gasteiger partial charge on any atom is -0.455 e. The maximum absolute atomic E-state index is 6.55. The molecule has 0 fully saturated rings. The molecule has 0 bridgehead atoms. The summed E-state index contributed by atoms with van der Waals surface area (Å²) in [6, 6.07) is 85.2. The van der Waals surface area contributed by atoms with E-state index in [0.717, 1.165) is 83.2 Å². The molecule has 0 amide bonds. The van der Waals surface area contributed by atoms with E-state index < -0.39 is 5.41 Å². The second kappa shape index (κ2) is 14.3. The first-order valence-electron chi connectivity index (χ1n) is 21.9. The lowest BCUT2D eigenvalue weighted by Gasteiger charge is -2.34. The molecule has 0 unspecified atom stereocenters. The van der Waals surface area contributed by atoms with Gasteiger partial charge in [-0.25, -0.2) is 0 Å². The zero-order chi connectivity index (χ0) is 42.2. The average Bonchev–Trinajstić information content (AvgIpc) is 4.04. The lowest BCUT2D eigenvalue weighted by atomic mass is 9.68. The Bertz CT molecular complexity index is 3680. The smallest absolute Gasteiger partial charge is 0.143 e. The summed E-state index contributed by atoms with van der Waals surface area (Å²) in [6.45, 7) is 0. The van der Waals surface area contributed by atoms with E-state index in [9.17, 15) is 0 Å². The highest BCUT2D eigenvalue weighted by Crippen LogP contribution is 2.56. The fraction of sp³-hybridized carbons (Fsp3) is 0.0164. The van der Waals surface area contributed by atoms with Gasteiger partial charge in [0.25, 0.3) is 0 Å². The lowest BCUT2D eigenvalue weighted by molar-refractivity contribution is 0.669. The van der Waals surface area contributed by atoms with E-state index in [2.05, 4.69) is 217 Å². The Balaban J connectivity index is 0.975. The zero-order valence-electron chi connectivity index (χ0n) is 34.8. The Kier molecular flexibility index (Phi) is 8.13. The molecule has 3 heteroatoms. The van der Waals surface area contributed by atoms with Crippen molar-refractivity contribution in [1.82, 2.24) is 0 Å². The quantitative estimate of drug-likeness (QED) is 0.160. The van der Waals surface area contributed by atoms with Crippen LogP contribution in [0.15, 0.2) is 245 Å². The van der Waals surface area contributed by atoms with Gasteiger partial charge in [0.1, 0.15) is 22.3 Å². The Morgan fingerprint density at radius 2 is 0.750 bits per heavy atom. The van der Waals surface area contributed by atoms with Crippen LogP contribution in [0, 0.1) is 0 Å². The van der Waals surface area contributed by atoms with E-state index in [-0.39, 0.29) is 0 Å². The van der Waals surface area contributed by atoms with Crippen molar-refractivity contribution in [3.8, 4) is 33.4 Å². The third-order valence-corrected chi connectivity index (χ3v) is 13.4. The highest BCUT2D eigenvalue weighted by atomic mass is 16.3. The van der Waals surface area contributed by atoms with Crippen LogP contribution in [-0.4, -0.2) is 0 Å². The summed E-state index contributed by atoms with van der Waals surface area (Å²) in [4.78, 5) is 2.36. The number of rotatable bonds is 7. The minimum absolute atomic E-state index is 0.484. The van der Waals surface area contributed by atoms with Gasteiger partial charge in [-0.3, -0.25) is 0 Å². The second-order valence-corrected chi connectivity index (χ2v) is 16.7. The summed E-state index contributed by atoms with van der Waals surface area (Å²) >= 11 is 0. The van der Waals surface area contributed by atoms with Gasteiger partial charge < -0.3 is 13.7 Å². The van der Waals surface area contributed by atoms with E-state index >= 15 is 0 Å². The molecule has 0 spiro atoms. The summed E-state index contributed by atoms with van der Waals surface area (Å²) in [5, 5.41) is 4.48. The monoisotopic (exact) mass is 817 g/mol. The first kappa shape index (κ1) is 36.3. The second-order valence-electron chi connectivity index (χ2n) is 16.7. The van der Waals surface area contributed by atoms with Crippen molar-refractivity contribution in [2.45, 2.75) is 5.41 Å². The molecule has 10 aromatic carbocycles. The number of hydrogen-bond acceptors (Lipinski definition) is 3. The fourth-order valence-electron chi connectivity index (χ4n) is 10.6. The molecule has 0 atom stereocenters. The van der Waals surface area contributed by atoms with E-state index in [1.165, 1.54) is 33.4 Å². The number of fused-ring (bicyclic) bond motifs is 9. The van der Waals surface area contributed by atoms with Gasteiger partial charge in [-0.2, -0.15) is 0 Å². The van der Waals surface area contributed by atoms with Crippen molar-refractivity contribution in [3.05, 3.63) is 259 Å². The minimum atomic E-state index is -0.484. The van der Waals surface area contributed by atoms with E-state index in [1.807, 2.05) is 24.3 Å². The molecular weight excluding hydrogens is 779 g/mol. The third-order valence-electron chi connectivity index (χ3n) is 13.4. The number of benzene rings is 10. The highest BCUT2D eigenvalue weighted by Gasteiger charge is 2.45. The zero-order valence-corrected chi connectivity index (χ0v) is 34.8. The van der Waals surface area contributed by atoms with Crippen molar-refractivity contribution in [1.29, 1.82) is 0 Å². The van der Waals surface area contributed by atoms with Crippen molar-refractivity contribution < 1.29 is 8.83 Å². The van der Waals surface area contributed by atoms with Crippen LogP contribution in [0.4, 0.5) is 17.1 Å². The fourth-order valence-corrected chi connectivity index (χ4v) is 10.6. The van der Waals surface area contributed by atoms with Gasteiger partial charge in [0.15, 0.2) is 0 Å². The molecule has 1 aliphatic carbocycles. The van der Waals surface area contributed by atoms with Crippen molar-refractivity contribution in [2.24, 2.45) is 0 Å². The average molecular weight is 818 g/mol. The van der Waals surface area contributed by atoms with Crippen LogP contribution in [0.2, 0.25) is 0 Å². The highest BCUT2D eigenvalue weighted by molar-refractivity contribution is 6.11. The molecule has 12 aromatic rings. The van der Waals surface area contributed by atoms with Gasteiger partial charge in [-0.15, -0.1) is 0 Å². The van der Waals surface area contributed by atoms with Crippen molar-refractivity contribution in [2.75, 3.05) is 4.90 Å². The standard InChI is InChI=1S/C61H39NO2/c1-2-16-42(17-3-1)61(55-27-8-4-19-49(55)50-20-5-9-28-56(50)61)43-33-37-45(38-34-43)62(44-35-31-40(32-36-44)47-23-13-25-53-51-21-6-10-29-57(51)63-59(47)53)46-18-12-15-41(39-46)48-24-14-26-54-52-22-7-11-30-58(52)64-60(48)54/h1-39H. The van der Waals surface area contributed by atoms with Crippen molar-refractivity contribution >= 4 is 60.9 Å². The number of nitrogens with zero attached hydrogens (tertiary/aromatic N) is 1. The molecule has 2 heterocycles. The summed E-state index contributed by atoms with van der Waals surface area (Å²) in [7, 11) is 0. The van der Waals surface area contributed by atoms with E-state index in [4.69, 9.17) is 8.83 Å². The molecule has 0 N–H and O–H groups in total. The van der Waals surface area contributed by atoms with Gasteiger partial charge in [-0.1, -0.05) is 188 Å². The third kappa shape index (κ3) is 5.41. The van der Waals surface area contributed by atoms with Gasteiger partial charge in [0, 0.05) is 49.7 Å². The normalized spacial score (nSPS) is 12.8. The van der Waals surface area contributed by atoms with Gasteiger partial charge in [0.05, 0.1) is 5.41 Å². The Hall–Kier alpha value is -8.40. The number of hydrogen-bond donors (Lipinski definition) is 0. The lowest BCUT2D eigenvalue weighted by Crippen LogP contribution is -2.28. The molecule has 0 saturated heterocycles. The first-order valence-corrected chi connectivity index (χ1v) is 21.9. The molecule has 0 aliphatic heterocycles. The maximum atomic E-state index is 6.55. The number of para-hydroxylation sites is 4. The molecule has 13 rings (SSSR count). The van der Waals surface area contributed by atoms with Crippen LogP contribution in [-0.2, 0) is 5.41 Å². The number of anilines is 3. The molecule has 64 heavy (non-hydrogen) atoms. The number of furan rings is 2. The van der Waals surface area contributed by atoms with Crippen LogP contribution in [0.25, 0.3) is 77.3 Å². The molecule has 0 saturated carbocycles. The van der Waals surface area contributed by atoms with Crippen molar-refractivity contribution in [3.63, 3.8) is 0 Å². The van der Waals surface area contributed by atoms with Crippen LogP contribution in [0.1, 0.15) is 22.3 Å². The van der Waals surface area contributed by atoms with E-state index in [1.54, 1.807) is 0 Å². The van der Waals surface area contributed by atoms with E-state index in [0.29, 0.717) is 0 Å². The maximum Gasteiger partial charge on any atom is 0.143 e. The molecule has 3 nitrogen and oxygen atoms in total. The Labute approximate surface area is 370 Å². The van der Waals surface area contributed by atoms with Crippen LogP contribution in [0.5, 0.6) is 0 Å². The van der Waals surface area contributed by atoms with Crippen LogP contribution < -0.4 is 4.90 Å². The van der Waals surface area contributed by atoms with Crippen LogP contribution in [0.3, 0.4) is 0 Å². The molecular formula is C61H39NO2. The summed E-state index contributed by atoms with van der Waals surface area (Å²) in [5.41, 5.74) is 18.2. The largest absolute Gasteiger partial charge is 0.455 e. The molecule has 1 aliphatic rings. The van der Waals surface area contributed by atoms with Crippen LogP contribution >= 0.6 is 0 Å². The van der Waals surface area contributed by atoms with Gasteiger partial charge in [0.2, 0.25) is 0 Å². The molecule has 2 aromatic heterocycles. The first-order chi connectivity index (χ1) is 31.7. The summed E-state index contributed by atoms with van der Waals surface area (Å²) < 4.78 is 13.0. The molecule has 0 radical (unpaired) electrons. The topological polar surface area (TPSA) is 29.5 Å². The predicted molar refractivity (Wildman–Crippen MR) is 264 cm³/mol. The van der Waals surface area contributed by atoms with Gasteiger partial charge >= 0.3 is 0 Å². The Morgan fingerprint density at radius 1 is 0.297 bits per heavy atom. The summed E-state index contributed by atoms with van der Waals surface area (Å²) in [5.74, 6) is 0.